The number of anilines is 1. The number of hydrogen-bond acceptors (Lipinski definition) is 6. The molecule has 0 saturated carbocycles. The third kappa shape index (κ3) is 3.56. The maximum atomic E-state index is 5.75. The molecule has 3 rings (SSSR count). The van der Waals surface area contributed by atoms with Crippen LogP contribution >= 0.6 is 11.5 Å². The molecule has 2 heterocycles. The second-order valence-corrected chi connectivity index (χ2v) is 6.42. The van der Waals surface area contributed by atoms with E-state index in [2.05, 4.69) is 15.3 Å². The molecule has 1 aliphatic heterocycles. The van der Waals surface area contributed by atoms with E-state index >= 15 is 0 Å². The maximum absolute atomic E-state index is 5.75. The number of methoxy groups -OCH3 is 1. The summed E-state index contributed by atoms with van der Waals surface area (Å²) in [5, 5.41) is 1.04. The number of benzene rings is 1. The quantitative estimate of drug-likeness (QED) is 0.916. The average molecular weight is 318 g/mol. The summed E-state index contributed by atoms with van der Waals surface area (Å²) < 4.78 is 9.76. The largest absolute Gasteiger partial charge is 0.497 e. The van der Waals surface area contributed by atoms with Crippen LogP contribution in [0.15, 0.2) is 24.3 Å². The van der Waals surface area contributed by atoms with E-state index in [4.69, 9.17) is 15.5 Å². The summed E-state index contributed by atoms with van der Waals surface area (Å²) in [5.41, 5.74) is 6.92. The molecule has 1 aliphatic rings. The molecule has 0 atom stereocenters. The maximum Gasteiger partial charge on any atom is 0.205 e. The molecule has 0 spiro atoms. The smallest absolute Gasteiger partial charge is 0.205 e. The molecule has 0 amide bonds. The third-order valence-electron chi connectivity index (χ3n) is 4.17. The first-order valence-electron chi connectivity index (χ1n) is 7.69. The number of rotatable bonds is 5. The predicted molar refractivity (Wildman–Crippen MR) is 89.7 cm³/mol. The van der Waals surface area contributed by atoms with Gasteiger partial charge in [-0.2, -0.15) is 4.37 Å². The van der Waals surface area contributed by atoms with Crippen LogP contribution in [0.2, 0.25) is 0 Å². The van der Waals surface area contributed by atoms with Crippen LogP contribution in [0.4, 0.5) is 5.13 Å². The summed E-state index contributed by atoms with van der Waals surface area (Å²) in [5.74, 6) is 2.42. The molecule has 2 aromatic rings. The Balaban J connectivity index is 1.64. The minimum Gasteiger partial charge on any atom is -0.497 e. The zero-order valence-electron chi connectivity index (χ0n) is 12.9. The third-order valence-corrected chi connectivity index (χ3v) is 4.99. The van der Waals surface area contributed by atoms with Crippen LogP contribution in [0.1, 0.15) is 24.2 Å². The Hall–Kier alpha value is -1.66. The Morgan fingerprint density at radius 3 is 2.91 bits per heavy atom. The molecule has 0 bridgehead atoms. The number of nitrogens with zero attached hydrogens (tertiary/aromatic N) is 3. The molecular formula is C16H22N4OS. The van der Waals surface area contributed by atoms with Crippen molar-refractivity contribution in [3.05, 3.63) is 35.7 Å². The van der Waals surface area contributed by atoms with Crippen LogP contribution in [-0.2, 0) is 6.42 Å². The van der Waals surface area contributed by atoms with Gasteiger partial charge in [0.15, 0.2) is 0 Å². The fourth-order valence-corrected chi connectivity index (χ4v) is 3.51. The molecule has 0 aliphatic carbocycles. The van der Waals surface area contributed by atoms with Gasteiger partial charge in [0, 0.05) is 31.0 Å². The van der Waals surface area contributed by atoms with Gasteiger partial charge in [0.05, 0.1) is 7.11 Å². The van der Waals surface area contributed by atoms with Crippen LogP contribution in [0.3, 0.4) is 0 Å². The molecule has 2 N–H and O–H groups in total. The van der Waals surface area contributed by atoms with Crippen molar-refractivity contribution in [2.45, 2.75) is 19.3 Å². The summed E-state index contributed by atoms with van der Waals surface area (Å²) >= 11 is 1.50. The summed E-state index contributed by atoms with van der Waals surface area (Å²) in [6.45, 7) is 2.87. The van der Waals surface area contributed by atoms with E-state index < -0.39 is 0 Å². The number of piperidine rings is 1. The van der Waals surface area contributed by atoms with Gasteiger partial charge in [-0.25, -0.2) is 4.98 Å². The molecule has 0 unspecified atom stereocenters. The van der Waals surface area contributed by atoms with Gasteiger partial charge in [-0.1, -0.05) is 12.1 Å². The molecule has 1 saturated heterocycles. The second-order valence-electron chi connectivity index (χ2n) is 5.69. The highest BCUT2D eigenvalue weighted by molar-refractivity contribution is 7.09. The zero-order valence-corrected chi connectivity index (χ0v) is 13.7. The average Bonchev–Trinajstić information content (AvgIpc) is 3.03. The van der Waals surface area contributed by atoms with Gasteiger partial charge in [-0.05, 0) is 43.0 Å². The lowest BCUT2D eigenvalue weighted by Crippen LogP contribution is -2.36. The Morgan fingerprint density at radius 1 is 1.36 bits per heavy atom. The number of hydrogen-bond donors (Lipinski definition) is 1. The fraction of sp³-hybridized carbons (Fsp3) is 0.500. The van der Waals surface area contributed by atoms with Gasteiger partial charge >= 0.3 is 0 Å². The molecule has 0 radical (unpaired) electrons. The lowest BCUT2D eigenvalue weighted by Gasteiger charge is -2.30. The zero-order chi connectivity index (χ0) is 15.4. The van der Waals surface area contributed by atoms with Crippen molar-refractivity contribution >= 4 is 16.7 Å². The van der Waals surface area contributed by atoms with Gasteiger partial charge in [-0.15, -0.1) is 0 Å². The van der Waals surface area contributed by atoms with Crippen molar-refractivity contribution in [2.75, 3.05) is 31.6 Å². The van der Waals surface area contributed by atoms with Crippen molar-refractivity contribution in [1.82, 2.24) is 9.36 Å². The van der Waals surface area contributed by atoms with Gasteiger partial charge in [0.25, 0.3) is 0 Å². The van der Waals surface area contributed by atoms with Crippen molar-refractivity contribution in [2.24, 2.45) is 11.7 Å². The monoisotopic (exact) mass is 318 g/mol. The molecule has 118 valence electrons. The van der Waals surface area contributed by atoms with Gasteiger partial charge in [-0.3, -0.25) is 0 Å². The van der Waals surface area contributed by atoms with E-state index in [1.165, 1.54) is 17.1 Å². The molecule has 1 fully saturated rings. The minimum atomic E-state index is 0.667. The highest BCUT2D eigenvalue weighted by Gasteiger charge is 2.20. The van der Waals surface area contributed by atoms with Crippen LogP contribution in [0.25, 0.3) is 0 Å². The number of aromatic nitrogens is 2. The highest BCUT2D eigenvalue weighted by atomic mass is 32.1. The summed E-state index contributed by atoms with van der Waals surface area (Å²) in [6, 6.07) is 8.06. The lowest BCUT2D eigenvalue weighted by atomic mass is 9.98. The first-order valence-corrected chi connectivity index (χ1v) is 8.46. The minimum absolute atomic E-state index is 0.667. The standard InChI is InChI=1S/C16H22N4OS/c1-21-14-4-2-3-13(9-14)10-15-18-16(22-19-15)20-7-5-12(11-17)6-8-20/h2-4,9,12H,5-8,10-11,17H2,1H3. The van der Waals surface area contributed by atoms with E-state index in [1.54, 1.807) is 7.11 Å². The molecule has 22 heavy (non-hydrogen) atoms. The first-order chi connectivity index (χ1) is 10.8. The lowest BCUT2D eigenvalue weighted by molar-refractivity contribution is 0.414. The highest BCUT2D eigenvalue weighted by Crippen LogP contribution is 2.25. The Bertz CT molecular complexity index is 608. The summed E-state index contributed by atoms with van der Waals surface area (Å²) in [4.78, 5) is 7.03. The number of nitrogens with two attached hydrogens (primary N) is 1. The molecule has 6 heteroatoms. The van der Waals surface area contributed by atoms with Crippen molar-refractivity contribution < 1.29 is 4.74 Å². The molecule has 1 aromatic carbocycles. The first kappa shape index (κ1) is 15.2. The van der Waals surface area contributed by atoms with E-state index in [0.29, 0.717) is 5.92 Å². The Kier molecular flexibility index (Phi) is 4.90. The van der Waals surface area contributed by atoms with Crippen molar-refractivity contribution in [1.29, 1.82) is 0 Å². The Morgan fingerprint density at radius 2 is 2.18 bits per heavy atom. The van der Waals surface area contributed by atoms with E-state index in [0.717, 1.165) is 55.6 Å². The second kappa shape index (κ2) is 7.07. The normalized spacial score (nSPS) is 16.0. The molecule has 1 aromatic heterocycles. The fourth-order valence-electron chi connectivity index (χ4n) is 2.77. The summed E-state index contributed by atoms with van der Waals surface area (Å²) in [6.07, 6.45) is 3.05. The van der Waals surface area contributed by atoms with Gasteiger partial charge in [0.1, 0.15) is 11.6 Å². The predicted octanol–water partition coefficient (Wildman–Crippen LogP) is 2.31. The van der Waals surface area contributed by atoms with Crippen LogP contribution in [-0.4, -0.2) is 36.1 Å². The molecular weight excluding hydrogens is 296 g/mol. The van der Waals surface area contributed by atoms with Crippen LogP contribution in [0, 0.1) is 5.92 Å². The van der Waals surface area contributed by atoms with Gasteiger partial charge in [0.2, 0.25) is 5.13 Å². The Labute approximate surface area is 135 Å². The SMILES string of the molecule is COc1cccc(Cc2nsc(N3CCC(CN)CC3)n2)c1. The van der Waals surface area contributed by atoms with Crippen molar-refractivity contribution in [3.8, 4) is 5.75 Å². The topological polar surface area (TPSA) is 64.3 Å². The van der Waals surface area contributed by atoms with Gasteiger partial charge < -0.3 is 15.4 Å². The van der Waals surface area contributed by atoms with E-state index in [1.807, 2.05) is 18.2 Å². The number of ether oxygens (including phenoxy) is 1. The van der Waals surface area contributed by atoms with Crippen molar-refractivity contribution in [3.63, 3.8) is 0 Å². The van der Waals surface area contributed by atoms with Crippen LogP contribution in [0.5, 0.6) is 5.75 Å². The summed E-state index contributed by atoms with van der Waals surface area (Å²) in [7, 11) is 1.68. The molecule has 5 nitrogen and oxygen atoms in total. The van der Waals surface area contributed by atoms with Crippen LogP contribution < -0.4 is 15.4 Å². The van der Waals surface area contributed by atoms with E-state index in [9.17, 15) is 0 Å². The van der Waals surface area contributed by atoms with E-state index in [-0.39, 0.29) is 0 Å².